The van der Waals surface area contributed by atoms with E-state index in [0.29, 0.717) is 36.6 Å². The van der Waals surface area contributed by atoms with Gasteiger partial charge in [0.2, 0.25) is 0 Å². The van der Waals surface area contributed by atoms with E-state index in [1.54, 1.807) is 12.1 Å². The second-order valence-electron chi connectivity index (χ2n) is 6.33. The normalized spacial score (nSPS) is 16.1. The average molecular weight is 357 g/mol. The number of carbonyl (C=O) groups is 2. The summed E-state index contributed by atoms with van der Waals surface area (Å²) in [5.41, 5.74) is 6.67. The summed E-state index contributed by atoms with van der Waals surface area (Å²) < 4.78 is 5.54. The van der Waals surface area contributed by atoms with Crippen molar-refractivity contribution in [2.24, 2.45) is 5.73 Å². The van der Waals surface area contributed by atoms with Gasteiger partial charge in [-0.1, -0.05) is 12.1 Å². The Morgan fingerprint density at radius 2 is 2.27 bits per heavy atom. The molecule has 0 amide bonds. The van der Waals surface area contributed by atoms with E-state index in [2.05, 4.69) is 15.4 Å². The summed E-state index contributed by atoms with van der Waals surface area (Å²) in [6.45, 7) is 2.27. The molecule has 1 aromatic heterocycles. The van der Waals surface area contributed by atoms with E-state index in [9.17, 15) is 14.6 Å². The number of fused-ring (bicyclic) bond motifs is 1. The standard InChI is InChI=1S/C16H20BN5O4/c1-10(23)14-4-2-3-11-7-12(17(25)26-16(11)14)8-13(24)9-15-19-21-22(20-15)6-5-18/h2-4,12,25H,5-9,18H2,1H3/t12-/m1/s1. The Hall–Kier alpha value is -2.59. The highest BCUT2D eigenvalue weighted by Gasteiger charge is 2.37. The van der Waals surface area contributed by atoms with Crippen molar-refractivity contribution in [3.8, 4) is 5.75 Å². The zero-order valence-corrected chi connectivity index (χ0v) is 14.5. The molecule has 10 heteroatoms. The molecule has 2 aromatic rings. The highest BCUT2D eigenvalue weighted by molar-refractivity contribution is 6.47. The molecule has 0 spiro atoms. The molecule has 0 bridgehead atoms. The summed E-state index contributed by atoms with van der Waals surface area (Å²) in [5.74, 6) is 0.0964. The number of benzene rings is 1. The summed E-state index contributed by atoms with van der Waals surface area (Å²) >= 11 is 0. The third kappa shape index (κ3) is 3.97. The van der Waals surface area contributed by atoms with Crippen LogP contribution in [-0.4, -0.2) is 50.5 Å². The van der Waals surface area contributed by atoms with Gasteiger partial charge in [0, 0.05) is 18.8 Å². The van der Waals surface area contributed by atoms with Gasteiger partial charge in [-0.25, -0.2) is 0 Å². The molecule has 2 heterocycles. The Morgan fingerprint density at radius 1 is 1.46 bits per heavy atom. The van der Waals surface area contributed by atoms with Gasteiger partial charge in [0.15, 0.2) is 11.6 Å². The molecule has 1 atom stereocenters. The van der Waals surface area contributed by atoms with Gasteiger partial charge in [-0.15, -0.1) is 10.2 Å². The maximum Gasteiger partial charge on any atom is 0.526 e. The van der Waals surface area contributed by atoms with Crippen LogP contribution in [0.3, 0.4) is 0 Å². The SMILES string of the molecule is CC(=O)c1cccc2c1OB(O)[C@@H](CC(=O)Cc1nnn(CCN)n1)C2. The van der Waals surface area contributed by atoms with Crippen LogP contribution in [0.5, 0.6) is 5.75 Å². The minimum Gasteiger partial charge on any atom is -0.535 e. The quantitative estimate of drug-likeness (QED) is 0.515. The molecule has 136 valence electrons. The monoisotopic (exact) mass is 357 g/mol. The van der Waals surface area contributed by atoms with Crippen LogP contribution in [0.2, 0.25) is 5.82 Å². The first-order valence-electron chi connectivity index (χ1n) is 8.44. The van der Waals surface area contributed by atoms with Crippen LogP contribution >= 0.6 is 0 Å². The lowest BCUT2D eigenvalue weighted by atomic mass is 9.64. The number of Topliss-reactive ketones (excluding diaryl/α,β-unsaturated/α-hetero) is 2. The largest absolute Gasteiger partial charge is 0.535 e. The lowest BCUT2D eigenvalue weighted by Gasteiger charge is -2.28. The van der Waals surface area contributed by atoms with Gasteiger partial charge in [0.25, 0.3) is 0 Å². The lowest BCUT2D eigenvalue weighted by Crippen LogP contribution is -2.36. The van der Waals surface area contributed by atoms with Crippen LogP contribution in [0.1, 0.15) is 35.1 Å². The maximum atomic E-state index is 12.3. The molecule has 1 aromatic carbocycles. The van der Waals surface area contributed by atoms with Gasteiger partial charge in [-0.3, -0.25) is 9.59 Å². The molecule has 0 saturated carbocycles. The molecule has 1 aliphatic rings. The van der Waals surface area contributed by atoms with Gasteiger partial charge in [-0.2, -0.15) is 4.80 Å². The minimum absolute atomic E-state index is 0.0358. The Kier molecular flexibility index (Phi) is 5.43. The Bertz CT molecular complexity index is 825. The number of hydrogen-bond donors (Lipinski definition) is 2. The average Bonchev–Trinajstić information content (AvgIpc) is 3.02. The topological polar surface area (TPSA) is 133 Å². The zero-order valence-electron chi connectivity index (χ0n) is 14.5. The van der Waals surface area contributed by atoms with Gasteiger partial charge in [0.05, 0.1) is 18.5 Å². The van der Waals surface area contributed by atoms with Gasteiger partial charge in [0.1, 0.15) is 11.5 Å². The summed E-state index contributed by atoms with van der Waals surface area (Å²) in [5, 5.41) is 22.0. The molecular weight excluding hydrogens is 337 g/mol. The van der Waals surface area contributed by atoms with Crippen molar-refractivity contribution in [1.29, 1.82) is 0 Å². The predicted molar refractivity (Wildman–Crippen MR) is 92.7 cm³/mol. The number of ketones is 2. The third-order valence-corrected chi connectivity index (χ3v) is 4.27. The molecule has 0 saturated heterocycles. The van der Waals surface area contributed by atoms with Crippen LogP contribution in [-0.2, 0) is 24.2 Å². The van der Waals surface area contributed by atoms with E-state index in [-0.39, 0.29) is 24.4 Å². The second kappa shape index (κ2) is 7.75. The number of aromatic nitrogens is 4. The molecule has 0 unspecified atom stereocenters. The number of hydrogen-bond acceptors (Lipinski definition) is 8. The predicted octanol–water partition coefficient (Wildman–Crippen LogP) is -0.178. The second-order valence-corrected chi connectivity index (χ2v) is 6.33. The lowest BCUT2D eigenvalue weighted by molar-refractivity contribution is -0.118. The first kappa shape index (κ1) is 18.2. The number of nitrogens with two attached hydrogens (primary N) is 1. The van der Waals surface area contributed by atoms with Crippen LogP contribution in [0.15, 0.2) is 18.2 Å². The van der Waals surface area contributed by atoms with Gasteiger partial charge >= 0.3 is 7.12 Å². The van der Waals surface area contributed by atoms with Gasteiger partial charge < -0.3 is 15.4 Å². The van der Waals surface area contributed by atoms with Crippen LogP contribution in [0, 0.1) is 0 Å². The van der Waals surface area contributed by atoms with E-state index in [1.807, 2.05) is 6.07 Å². The van der Waals surface area contributed by atoms with Gasteiger partial charge in [-0.05, 0) is 30.2 Å². The minimum atomic E-state index is -1.15. The molecule has 0 aliphatic carbocycles. The summed E-state index contributed by atoms with van der Waals surface area (Å²) in [6, 6.07) is 5.27. The molecule has 9 nitrogen and oxygen atoms in total. The Balaban J connectivity index is 1.66. The highest BCUT2D eigenvalue weighted by atomic mass is 16.5. The maximum absolute atomic E-state index is 12.3. The van der Waals surface area contributed by atoms with Crippen molar-refractivity contribution in [3.63, 3.8) is 0 Å². The van der Waals surface area contributed by atoms with Crippen LogP contribution < -0.4 is 10.4 Å². The zero-order chi connectivity index (χ0) is 18.7. The van der Waals surface area contributed by atoms with Crippen molar-refractivity contribution in [1.82, 2.24) is 20.2 Å². The number of para-hydroxylation sites is 1. The van der Waals surface area contributed by atoms with E-state index in [4.69, 9.17) is 10.4 Å². The summed E-state index contributed by atoms with van der Waals surface area (Å²) in [7, 11) is -1.15. The fourth-order valence-corrected chi connectivity index (χ4v) is 3.03. The molecule has 3 rings (SSSR count). The van der Waals surface area contributed by atoms with Crippen molar-refractivity contribution < 1.29 is 19.3 Å². The van der Waals surface area contributed by atoms with Crippen molar-refractivity contribution in [3.05, 3.63) is 35.2 Å². The van der Waals surface area contributed by atoms with Crippen LogP contribution in [0.25, 0.3) is 0 Å². The van der Waals surface area contributed by atoms with Crippen LogP contribution in [0.4, 0.5) is 0 Å². The smallest absolute Gasteiger partial charge is 0.526 e. The first-order chi connectivity index (χ1) is 12.5. The number of rotatable bonds is 7. The van der Waals surface area contributed by atoms with E-state index in [1.165, 1.54) is 11.7 Å². The fraction of sp³-hybridized carbons (Fsp3) is 0.438. The van der Waals surface area contributed by atoms with Crippen molar-refractivity contribution in [2.45, 2.75) is 38.5 Å². The van der Waals surface area contributed by atoms with E-state index < -0.39 is 12.9 Å². The molecular formula is C16H20BN5O4. The van der Waals surface area contributed by atoms with Crippen molar-refractivity contribution in [2.75, 3.05) is 6.54 Å². The third-order valence-electron chi connectivity index (χ3n) is 4.27. The number of carbonyl (C=O) groups excluding carboxylic acids is 2. The van der Waals surface area contributed by atoms with Crippen molar-refractivity contribution >= 4 is 18.7 Å². The molecule has 1 aliphatic heterocycles. The van der Waals surface area contributed by atoms with E-state index in [0.717, 1.165) is 5.56 Å². The Morgan fingerprint density at radius 3 is 3.00 bits per heavy atom. The Labute approximate surface area is 150 Å². The highest BCUT2D eigenvalue weighted by Crippen LogP contribution is 2.36. The first-order valence-corrected chi connectivity index (χ1v) is 8.44. The summed E-state index contributed by atoms with van der Waals surface area (Å²) in [4.78, 5) is 25.4. The summed E-state index contributed by atoms with van der Waals surface area (Å²) in [6.07, 6.45) is 0.612. The van der Waals surface area contributed by atoms with E-state index >= 15 is 0 Å². The number of nitrogens with zero attached hydrogens (tertiary/aromatic N) is 4. The molecule has 26 heavy (non-hydrogen) atoms. The fourth-order valence-electron chi connectivity index (χ4n) is 3.03. The number of tetrazole rings is 1. The molecule has 0 radical (unpaired) electrons. The molecule has 3 N–H and O–H groups in total. The molecule has 0 fully saturated rings.